The fourth-order valence-electron chi connectivity index (χ4n) is 9.94. The van der Waals surface area contributed by atoms with E-state index in [-0.39, 0.29) is 53.4 Å². The number of anilines is 2. The van der Waals surface area contributed by atoms with Crippen molar-refractivity contribution >= 4 is 63.7 Å². The number of halogens is 2. The maximum atomic E-state index is 15.2. The number of rotatable bonds is 4. The van der Waals surface area contributed by atoms with Gasteiger partial charge in [0.05, 0.1) is 40.7 Å². The van der Waals surface area contributed by atoms with Gasteiger partial charge in [-0.1, -0.05) is 6.92 Å². The first-order valence-corrected chi connectivity index (χ1v) is 22.2. The van der Waals surface area contributed by atoms with Crippen molar-refractivity contribution in [1.82, 2.24) is 29.7 Å². The summed E-state index contributed by atoms with van der Waals surface area (Å²) in [5, 5.41) is 5.17. The number of piperidine rings is 2. The molecule has 5 amide bonds. The molecule has 4 fully saturated rings. The Hall–Kier alpha value is -6.72. The highest BCUT2D eigenvalue weighted by molar-refractivity contribution is 6.19. The van der Waals surface area contributed by atoms with E-state index in [1.165, 1.54) is 18.3 Å². The number of pyridine rings is 1. The molecular weight excluding hydrogens is 839 g/mol. The molecule has 2 aromatic carbocycles. The SMILES string of the molecule is CN=C1OCCC[C@@H](C)Cn2c(nc3ccc(C(=O)N4CCC5(CC4)CN(C(=O)C4CN(c6cc(F)c([C@H]7CCC(=O)NC7=O)c(F)c6)C4)C5)cc32)NC(=O)c2cc(C)nc(c2)C1=CN. The first kappa shape index (κ1) is 43.5. The molecule has 4 aromatic rings. The number of carbonyl (C=O) groups excluding carboxylic acids is 5. The van der Waals surface area contributed by atoms with Gasteiger partial charge in [0.1, 0.15) is 11.6 Å². The third-order valence-electron chi connectivity index (χ3n) is 13.6. The minimum Gasteiger partial charge on any atom is -0.477 e. The van der Waals surface area contributed by atoms with Gasteiger partial charge in [-0.3, -0.25) is 44.6 Å². The Kier molecular flexibility index (Phi) is 11.6. The van der Waals surface area contributed by atoms with Crippen LogP contribution in [0.1, 0.15) is 89.0 Å². The number of nitrogens with two attached hydrogens (primary N) is 1. The number of carbonyl (C=O) groups is 5. The second kappa shape index (κ2) is 17.3. The Morgan fingerprint density at radius 1 is 0.954 bits per heavy atom. The fourth-order valence-corrected chi connectivity index (χ4v) is 9.94. The van der Waals surface area contributed by atoms with Crippen LogP contribution in [0.4, 0.5) is 20.4 Å². The Morgan fingerprint density at radius 2 is 1.69 bits per heavy atom. The summed E-state index contributed by atoms with van der Waals surface area (Å²) in [6.45, 7) is 7.77. The van der Waals surface area contributed by atoms with Crippen LogP contribution < -0.4 is 21.3 Å². The van der Waals surface area contributed by atoms with Gasteiger partial charge in [0.15, 0.2) is 0 Å². The number of amides is 5. The van der Waals surface area contributed by atoms with Gasteiger partial charge in [-0.15, -0.1) is 0 Å². The summed E-state index contributed by atoms with van der Waals surface area (Å²) in [5.74, 6) is -3.85. The molecule has 16 nitrogen and oxygen atoms in total. The van der Waals surface area contributed by atoms with Crippen LogP contribution >= 0.6 is 0 Å². The summed E-state index contributed by atoms with van der Waals surface area (Å²) >= 11 is 0. The number of fused-ring (bicyclic) bond motifs is 5. The molecule has 1 spiro atoms. The average Bonchev–Trinajstić information content (AvgIpc) is 3.58. The highest BCUT2D eigenvalue weighted by Crippen LogP contribution is 2.43. The summed E-state index contributed by atoms with van der Waals surface area (Å²) < 4.78 is 38.3. The van der Waals surface area contributed by atoms with Gasteiger partial charge in [0.2, 0.25) is 29.6 Å². The molecule has 5 aliphatic heterocycles. The van der Waals surface area contributed by atoms with E-state index in [2.05, 4.69) is 27.5 Å². The van der Waals surface area contributed by atoms with Crippen LogP contribution in [0.3, 0.4) is 0 Å². The van der Waals surface area contributed by atoms with Crippen molar-refractivity contribution in [2.24, 2.45) is 28.0 Å². The van der Waals surface area contributed by atoms with E-state index in [0.717, 1.165) is 31.2 Å². The van der Waals surface area contributed by atoms with E-state index in [9.17, 15) is 24.0 Å². The lowest BCUT2D eigenvalue weighted by molar-refractivity contribution is -0.151. The number of ether oxygens (including phenoxy) is 1. The van der Waals surface area contributed by atoms with Crippen molar-refractivity contribution in [2.75, 3.05) is 63.1 Å². The molecule has 4 N–H and O–H groups in total. The first-order chi connectivity index (χ1) is 31.2. The Morgan fingerprint density at radius 3 is 2.38 bits per heavy atom. The van der Waals surface area contributed by atoms with Crippen molar-refractivity contribution in [1.29, 1.82) is 0 Å². The number of nitrogens with zero attached hydrogens (tertiary/aromatic N) is 7. The normalized spacial score (nSPS) is 23.0. The molecule has 2 bridgehead atoms. The molecular formula is C47H52F2N10O6. The lowest BCUT2D eigenvalue weighted by Crippen LogP contribution is -2.65. The van der Waals surface area contributed by atoms with E-state index in [0.29, 0.717) is 104 Å². The predicted molar refractivity (Wildman–Crippen MR) is 238 cm³/mol. The lowest BCUT2D eigenvalue weighted by Gasteiger charge is -2.55. The number of imidazole rings is 1. The molecule has 340 valence electrons. The molecule has 65 heavy (non-hydrogen) atoms. The number of imide groups is 1. The highest BCUT2D eigenvalue weighted by atomic mass is 19.1. The van der Waals surface area contributed by atoms with E-state index in [4.69, 9.17) is 15.5 Å². The van der Waals surface area contributed by atoms with Gasteiger partial charge in [0, 0.05) is 99.0 Å². The maximum Gasteiger partial charge on any atom is 0.258 e. The quantitative estimate of drug-likeness (QED) is 0.240. The van der Waals surface area contributed by atoms with Gasteiger partial charge in [-0.2, -0.15) is 0 Å². The Labute approximate surface area is 374 Å². The van der Waals surface area contributed by atoms with Gasteiger partial charge in [-0.25, -0.2) is 13.8 Å². The molecule has 7 heterocycles. The van der Waals surface area contributed by atoms with Gasteiger partial charge in [-0.05, 0) is 87.4 Å². The third kappa shape index (κ3) is 8.41. The molecule has 5 aliphatic rings. The van der Waals surface area contributed by atoms with Crippen LogP contribution in [-0.4, -0.2) is 113 Å². The van der Waals surface area contributed by atoms with Crippen LogP contribution in [0.25, 0.3) is 16.6 Å². The smallest absolute Gasteiger partial charge is 0.258 e. The van der Waals surface area contributed by atoms with Crippen molar-refractivity contribution in [3.8, 4) is 0 Å². The Bertz CT molecular complexity index is 2650. The number of benzene rings is 2. The number of likely N-dealkylation sites (tertiary alicyclic amines) is 2. The topological polar surface area (TPSA) is 197 Å². The Balaban J connectivity index is 0.827. The summed E-state index contributed by atoms with van der Waals surface area (Å²) in [6, 6.07) is 11.2. The molecule has 0 radical (unpaired) electrons. The molecule has 4 saturated heterocycles. The molecule has 2 atom stereocenters. The second-order valence-corrected chi connectivity index (χ2v) is 18.2. The van der Waals surface area contributed by atoms with E-state index in [1.807, 2.05) is 26.5 Å². The average molecular weight is 891 g/mol. The zero-order valence-corrected chi connectivity index (χ0v) is 36.7. The van der Waals surface area contributed by atoms with Crippen LogP contribution in [0.5, 0.6) is 0 Å². The molecule has 0 aliphatic carbocycles. The van der Waals surface area contributed by atoms with Gasteiger partial charge in [0.25, 0.3) is 11.8 Å². The van der Waals surface area contributed by atoms with Gasteiger partial charge < -0.3 is 29.7 Å². The summed E-state index contributed by atoms with van der Waals surface area (Å²) in [6.07, 6.45) is 4.47. The van der Waals surface area contributed by atoms with Crippen LogP contribution in [0.2, 0.25) is 0 Å². The van der Waals surface area contributed by atoms with Crippen molar-refractivity contribution in [2.45, 2.75) is 64.8 Å². The minimum atomic E-state index is -1.08. The minimum absolute atomic E-state index is 0.00643. The monoisotopic (exact) mass is 890 g/mol. The number of aromatic nitrogens is 3. The number of aliphatic imine (C=N–C) groups is 1. The highest BCUT2D eigenvalue weighted by Gasteiger charge is 2.50. The number of nitrogens with one attached hydrogen (secondary N) is 2. The van der Waals surface area contributed by atoms with Crippen LogP contribution in [0, 0.1) is 35.8 Å². The summed E-state index contributed by atoms with van der Waals surface area (Å²) in [4.78, 5) is 84.4. The molecule has 0 unspecified atom stereocenters. The summed E-state index contributed by atoms with van der Waals surface area (Å²) in [7, 11) is 1.62. The zero-order valence-electron chi connectivity index (χ0n) is 36.7. The van der Waals surface area contributed by atoms with E-state index in [1.54, 1.807) is 37.1 Å². The number of hydrogen-bond donors (Lipinski definition) is 3. The third-order valence-corrected chi connectivity index (χ3v) is 13.6. The van der Waals surface area contributed by atoms with Gasteiger partial charge >= 0.3 is 0 Å². The van der Waals surface area contributed by atoms with Crippen molar-refractivity contribution in [3.05, 3.63) is 88.4 Å². The molecule has 2 aromatic heterocycles. The lowest BCUT2D eigenvalue weighted by atomic mass is 9.71. The predicted octanol–water partition coefficient (Wildman–Crippen LogP) is 4.77. The number of hydrogen-bond acceptors (Lipinski definition) is 11. The van der Waals surface area contributed by atoms with Crippen LogP contribution in [0.15, 0.2) is 53.7 Å². The standard InChI is InChI=1S/C47H52F2N10O6/c1-26-5-4-14-65-43(51-3)33(20-50)37-16-29(15-27(2)52-37)41(61)55-46-53-36-8-6-28(17-38(36)59(46)21-26)44(63)56-12-10-47(11-13-56)24-58(25-47)45(64)30-22-57(23-30)31-18-34(48)40(35(49)19-31)32-7-9-39(60)54-42(32)62/h6,8,15-20,26,30,32H,4-5,7,9-14,21-25,50H2,1-3H3,(H,53,55,61)(H,54,60,62)/t26-,32-/m1/s1. The second-order valence-electron chi connectivity index (χ2n) is 18.2. The maximum absolute atomic E-state index is 15.2. The molecule has 9 rings (SSSR count). The zero-order chi connectivity index (χ0) is 45.7. The van der Waals surface area contributed by atoms with E-state index < -0.39 is 29.4 Å². The van der Waals surface area contributed by atoms with Crippen molar-refractivity contribution < 1.29 is 37.5 Å². The largest absolute Gasteiger partial charge is 0.477 e. The molecule has 18 heteroatoms. The fraction of sp³-hybridized carbons (Fsp3) is 0.447. The first-order valence-electron chi connectivity index (χ1n) is 22.2. The van der Waals surface area contributed by atoms with Crippen molar-refractivity contribution in [3.63, 3.8) is 0 Å². The summed E-state index contributed by atoms with van der Waals surface area (Å²) in [5.41, 5.74) is 9.71. The van der Waals surface area contributed by atoms with Crippen LogP contribution in [-0.2, 0) is 25.7 Å². The molecule has 0 saturated carbocycles. The van der Waals surface area contributed by atoms with E-state index >= 15 is 8.78 Å². The number of aryl methyl sites for hydroxylation is 1.